The van der Waals surface area contributed by atoms with E-state index in [1.165, 1.54) is 25.3 Å². The van der Waals surface area contributed by atoms with Crippen LogP contribution in [0.2, 0.25) is 5.02 Å². The van der Waals surface area contributed by atoms with Gasteiger partial charge in [-0.15, -0.1) is 0 Å². The molecule has 0 saturated heterocycles. The number of halogens is 2. The number of methoxy groups -OCH3 is 1. The molecule has 0 spiro atoms. The van der Waals surface area contributed by atoms with Crippen molar-refractivity contribution >= 4 is 29.3 Å². The first-order valence-corrected chi connectivity index (χ1v) is 4.43. The number of esters is 1. The van der Waals surface area contributed by atoms with Crippen LogP contribution in [0.4, 0.5) is 10.1 Å². The van der Waals surface area contributed by atoms with E-state index in [1.807, 2.05) is 0 Å². The van der Waals surface area contributed by atoms with Gasteiger partial charge >= 0.3 is 5.97 Å². The molecule has 0 aliphatic heterocycles. The molecule has 1 aromatic carbocycles. The maximum Gasteiger partial charge on any atom is 0.330 e. The Balaban J connectivity index is 3.00. The standard InChI is InChI=1S/C10H9ClFNO2/c1-15-10(14)3-2-6-4-9(13)8(12)5-7(6)11/h2-5H,13H2,1H3. The third-order valence-electron chi connectivity index (χ3n) is 1.72. The maximum atomic E-state index is 12.9. The van der Waals surface area contributed by atoms with Crippen molar-refractivity contribution in [2.45, 2.75) is 0 Å². The first-order valence-electron chi connectivity index (χ1n) is 4.05. The molecular weight excluding hydrogens is 221 g/mol. The number of carbonyl (C=O) groups excluding carboxylic acids is 1. The van der Waals surface area contributed by atoms with Crippen molar-refractivity contribution in [3.8, 4) is 0 Å². The average Bonchev–Trinajstić information content (AvgIpc) is 2.21. The highest BCUT2D eigenvalue weighted by Gasteiger charge is 2.04. The van der Waals surface area contributed by atoms with Crippen molar-refractivity contribution < 1.29 is 13.9 Å². The molecule has 15 heavy (non-hydrogen) atoms. The second-order valence-corrected chi connectivity index (χ2v) is 3.16. The number of nitrogen functional groups attached to an aromatic ring is 1. The molecule has 0 fully saturated rings. The Morgan fingerprint density at radius 3 is 2.87 bits per heavy atom. The summed E-state index contributed by atoms with van der Waals surface area (Å²) < 4.78 is 17.3. The number of carbonyl (C=O) groups is 1. The highest BCUT2D eigenvalue weighted by atomic mass is 35.5. The minimum Gasteiger partial charge on any atom is -0.466 e. The molecule has 0 heterocycles. The van der Waals surface area contributed by atoms with E-state index in [4.69, 9.17) is 17.3 Å². The van der Waals surface area contributed by atoms with Gasteiger partial charge in [0.25, 0.3) is 0 Å². The van der Waals surface area contributed by atoms with Crippen molar-refractivity contribution in [2.75, 3.05) is 12.8 Å². The van der Waals surface area contributed by atoms with Gasteiger partial charge in [0, 0.05) is 6.08 Å². The zero-order chi connectivity index (χ0) is 11.4. The second kappa shape index (κ2) is 4.79. The van der Waals surface area contributed by atoms with Crippen molar-refractivity contribution in [3.05, 3.63) is 34.6 Å². The molecule has 0 saturated carbocycles. The molecule has 0 aliphatic carbocycles. The van der Waals surface area contributed by atoms with E-state index in [0.717, 1.165) is 6.07 Å². The van der Waals surface area contributed by atoms with Crippen LogP contribution in [0.25, 0.3) is 6.08 Å². The number of anilines is 1. The summed E-state index contributed by atoms with van der Waals surface area (Å²) in [5, 5.41) is 0.182. The first kappa shape index (κ1) is 11.5. The Morgan fingerprint density at radius 1 is 1.60 bits per heavy atom. The molecule has 0 atom stereocenters. The zero-order valence-corrected chi connectivity index (χ0v) is 8.72. The Kier molecular flexibility index (Phi) is 3.68. The van der Waals surface area contributed by atoms with E-state index in [1.54, 1.807) is 0 Å². The Hall–Kier alpha value is -1.55. The molecule has 5 heteroatoms. The number of hydrogen-bond acceptors (Lipinski definition) is 3. The van der Waals surface area contributed by atoms with Gasteiger partial charge in [-0.25, -0.2) is 9.18 Å². The summed E-state index contributed by atoms with van der Waals surface area (Å²) >= 11 is 5.73. The summed E-state index contributed by atoms with van der Waals surface area (Å²) in [5.74, 6) is -1.11. The normalized spacial score (nSPS) is 10.6. The largest absolute Gasteiger partial charge is 0.466 e. The molecule has 1 rings (SSSR count). The first-order chi connectivity index (χ1) is 7.04. The summed E-state index contributed by atoms with van der Waals surface area (Å²) in [4.78, 5) is 10.8. The predicted molar refractivity (Wildman–Crippen MR) is 56.9 cm³/mol. The van der Waals surface area contributed by atoms with E-state index < -0.39 is 11.8 Å². The van der Waals surface area contributed by atoms with Crippen LogP contribution in [-0.4, -0.2) is 13.1 Å². The number of rotatable bonds is 2. The van der Waals surface area contributed by atoms with E-state index in [2.05, 4.69) is 4.74 Å². The number of benzene rings is 1. The smallest absolute Gasteiger partial charge is 0.330 e. The molecule has 0 amide bonds. The maximum absolute atomic E-state index is 12.9. The van der Waals surface area contributed by atoms with E-state index in [9.17, 15) is 9.18 Å². The molecule has 0 aromatic heterocycles. The van der Waals surface area contributed by atoms with E-state index in [-0.39, 0.29) is 10.7 Å². The fourth-order valence-electron chi connectivity index (χ4n) is 0.937. The van der Waals surface area contributed by atoms with Crippen LogP contribution < -0.4 is 5.73 Å². The molecule has 1 aromatic rings. The third kappa shape index (κ3) is 2.95. The minimum absolute atomic E-state index is 0.0242. The van der Waals surface area contributed by atoms with Crippen LogP contribution in [0.15, 0.2) is 18.2 Å². The van der Waals surface area contributed by atoms with Gasteiger partial charge in [0.1, 0.15) is 5.82 Å². The lowest BCUT2D eigenvalue weighted by atomic mass is 10.2. The van der Waals surface area contributed by atoms with Crippen LogP contribution in [0, 0.1) is 5.82 Å². The topological polar surface area (TPSA) is 52.3 Å². The highest BCUT2D eigenvalue weighted by Crippen LogP contribution is 2.23. The van der Waals surface area contributed by atoms with E-state index in [0.29, 0.717) is 5.56 Å². The lowest BCUT2D eigenvalue weighted by Crippen LogP contribution is -1.95. The number of ether oxygens (including phenoxy) is 1. The van der Waals surface area contributed by atoms with Crippen molar-refractivity contribution in [1.29, 1.82) is 0 Å². The van der Waals surface area contributed by atoms with Crippen LogP contribution >= 0.6 is 11.6 Å². The average molecular weight is 230 g/mol. The quantitative estimate of drug-likeness (QED) is 0.481. The van der Waals surface area contributed by atoms with Crippen molar-refractivity contribution in [3.63, 3.8) is 0 Å². The lowest BCUT2D eigenvalue weighted by Gasteiger charge is -2.01. The number of hydrogen-bond donors (Lipinski definition) is 1. The second-order valence-electron chi connectivity index (χ2n) is 2.75. The van der Waals surface area contributed by atoms with Gasteiger partial charge in [0.05, 0.1) is 17.8 Å². The van der Waals surface area contributed by atoms with Crippen molar-refractivity contribution in [2.24, 2.45) is 0 Å². The van der Waals surface area contributed by atoms with Crippen LogP contribution in [0.5, 0.6) is 0 Å². The lowest BCUT2D eigenvalue weighted by molar-refractivity contribution is -0.134. The molecule has 0 unspecified atom stereocenters. The molecule has 0 bridgehead atoms. The van der Waals surface area contributed by atoms with Gasteiger partial charge in [0.2, 0.25) is 0 Å². The summed E-state index contributed by atoms with van der Waals surface area (Å²) in [6.45, 7) is 0. The summed E-state index contributed by atoms with van der Waals surface area (Å²) in [7, 11) is 1.26. The molecular formula is C10H9ClFNO2. The van der Waals surface area contributed by atoms with Gasteiger partial charge in [0.15, 0.2) is 0 Å². The Morgan fingerprint density at radius 2 is 2.27 bits per heavy atom. The summed E-state index contributed by atoms with van der Waals surface area (Å²) in [5.41, 5.74) is 5.78. The fraction of sp³-hybridized carbons (Fsp3) is 0.100. The van der Waals surface area contributed by atoms with Crippen LogP contribution in [0.3, 0.4) is 0 Å². The molecule has 2 N–H and O–H groups in total. The van der Waals surface area contributed by atoms with Crippen LogP contribution in [0.1, 0.15) is 5.56 Å². The molecule has 0 aliphatic rings. The minimum atomic E-state index is -0.588. The predicted octanol–water partition coefficient (Wildman–Crippen LogP) is 2.25. The van der Waals surface area contributed by atoms with Gasteiger partial charge in [-0.3, -0.25) is 0 Å². The monoisotopic (exact) mass is 229 g/mol. The third-order valence-corrected chi connectivity index (χ3v) is 2.04. The summed E-state index contributed by atoms with van der Waals surface area (Å²) in [6.07, 6.45) is 2.59. The molecule has 80 valence electrons. The number of nitrogens with two attached hydrogens (primary N) is 1. The summed E-state index contributed by atoms with van der Waals surface area (Å²) in [6, 6.07) is 2.44. The zero-order valence-electron chi connectivity index (χ0n) is 7.96. The van der Waals surface area contributed by atoms with Gasteiger partial charge < -0.3 is 10.5 Å². The Bertz CT molecular complexity index is 418. The van der Waals surface area contributed by atoms with Gasteiger partial charge in [-0.2, -0.15) is 0 Å². The Labute approximate surface area is 91.3 Å². The highest BCUT2D eigenvalue weighted by molar-refractivity contribution is 6.32. The van der Waals surface area contributed by atoms with Crippen LogP contribution in [-0.2, 0) is 9.53 Å². The molecule has 3 nitrogen and oxygen atoms in total. The molecule has 0 radical (unpaired) electrons. The SMILES string of the molecule is COC(=O)C=Cc1cc(N)c(F)cc1Cl. The van der Waals surface area contributed by atoms with Gasteiger partial charge in [-0.05, 0) is 23.8 Å². The van der Waals surface area contributed by atoms with Gasteiger partial charge in [-0.1, -0.05) is 11.6 Å². The van der Waals surface area contributed by atoms with E-state index >= 15 is 0 Å². The fourth-order valence-corrected chi connectivity index (χ4v) is 1.15. The van der Waals surface area contributed by atoms with Crippen molar-refractivity contribution in [1.82, 2.24) is 0 Å².